The maximum atomic E-state index is 12.3. The minimum atomic E-state index is -0.552. The minimum Gasteiger partial charge on any atom is -0.348 e. The lowest BCUT2D eigenvalue weighted by molar-refractivity contribution is -0.123. The molecule has 0 spiro atoms. The topological polar surface area (TPSA) is 92.5 Å². The van der Waals surface area contributed by atoms with Crippen molar-refractivity contribution in [2.45, 2.75) is 32.7 Å². The number of rotatable bonds is 6. The molecule has 24 heavy (non-hydrogen) atoms. The van der Waals surface area contributed by atoms with Crippen molar-refractivity contribution in [2.24, 2.45) is 11.7 Å². The number of hydrogen-bond donors (Lipinski definition) is 2. The summed E-state index contributed by atoms with van der Waals surface area (Å²) in [5, 5.41) is 2.86. The number of benzene rings is 1. The minimum absolute atomic E-state index is 0. The van der Waals surface area contributed by atoms with Gasteiger partial charge in [0.1, 0.15) is 6.54 Å². The van der Waals surface area contributed by atoms with Gasteiger partial charge in [0.2, 0.25) is 5.91 Å². The first kappa shape index (κ1) is 20.1. The van der Waals surface area contributed by atoms with Gasteiger partial charge in [-0.3, -0.25) is 19.3 Å². The summed E-state index contributed by atoms with van der Waals surface area (Å²) < 4.78 is 0. The maximum absolute atomic E-state index is 12.3. The SMILES string of the molecule is CC(C)CC(C)(CN)NC(=O)CN1C(=O)c2ccccc2C1=O.Cl. The van der Waals surface area contributed by atoms with Gasteiger partial charge in [-0.2, -0.15) is 0 Å². The van der Waals surface area contributed by atoms with Crippen LogP contribution in [-0.2, 0) is 4.79 Å². The fourth-order valence-corrected chi connectivity index (χ4v) is 2.99. The van der Waals surface area contributed by atoms with E-state index < -0.39 is 17.4 Å². The van der Waals surface area contributed by atoms with E-state index in [0.717, 1.165) is 11.3 Å². The zero-order chi connectivity index (χ0) is 17.2. The highest BCUT2D eigenvalue weighted by Gasteiger charge is 2.37. The molecule has 1 aromatic rings. The van der Waals surface area contributed by atoms with E-state index in [4.69, 9.17) is 5.73 Å². The Balaban J connectivity index is 0.00000288. The van der Waals surface area contributed by atoms with E-state index in [0.29, 0.717) is 23.6 Å². The molecular formula is C17H24ClN3O3. The lowest BCUT2D eigenvalue weighted by Gasteiger charge is -2.31. The van der Waals surface area contributed by atoms with E-state index in [2.05, 4.69) is 5.32 Å². The Kier molecular flexibility index (Phi) is 6.51. The number of nitrogens with two attached hydrogens (primary N) is 1. The molecule has 1 unspecified atom stereocenters. The highest BCUT2D eigenvalue weighted by Crippen LogP contribution is 2.22. The van der Waals surface area contributed by atoms with E-state index >= 15 is 0 Å². The summed E-state index contributed by atoms with van der Waals surface area (Å²) in [6.45, 7) is 5.96. The van der Waals surface area contributed by atoms with E-state index in [1.165, 1.54) is 0 Å². The van der Waals surface area contributed by atoms with Crippen LogP contribution < -0.4 is 11.1 Å². The number of carbonyl (C=O) groups excluding carboxylic acids is 3. The van der Waals surface area contributed by atoms with E-state index in [-0.39, 0.29) is 24.9 Å². The Bertz CT molecular complexity index is 613. The Morgan fingerprint density at radius 2 is 1.71 bits per heavy atom. The first-order valence-electron chi connectivity index (χ1n) is 7.74. The Hall–Kier alpha value is -1.92. The van der Waals surface area contributed by atoms with E-state index in [9.17, 15) is 14.4 Å². The molecule has 0 saturated carbocycles. The number of fused-ring (bicyclic) bond motifs is 1. The van der Waals surface area contributed by atoms with E-state index in [1.807, 2.05) is 20.8 Å². The highest BCUT2D eigenvalue weighted by atomic mass is 35.5. The van der Waals surface area contributed by atoms with Crippen LogP contribution in [0.25, 0.3) is 0 Å². The summed E-state index contributed by atoms with van der Waals surface area (Å²) in [5.74, 6) is -0.880. The first-order chi connectivity index (χ1) is 10.8. The lowest BCUT2D eigenvalue weighted by atomic mass is 9.90. The average molecular weight is 354 g/mol. The fourth-order valence-electron chi connectivity index (χ4n) is 2.99. The van der Waals surface area contributed by atoms with Gasteiger partial charge in [-0.05, 0) is 31.4 Å². The number of carbonyl (C=O) groups is 3. The van der Waals surface area contributed by atoms with Crippen LogP contribution >= 0.6 is 12.4 Å². The second kappa shape index (κ2) is 7.77. The molecule has 1 aliphatic heterocycles. The average Bonchev–Trinajstić information content (AvgIpc) is 2.72. The van der Waals surface area contributed by atoms with Crippen LogP contribution in [0, 0.1) is 5.92 Å². The van der Waals surface area contributed by atoms with Gasteiger partial charge in [-0.1, -0.05) is 26.0 Å². The van der Waals surface area contributed by atoms with Gasteiger partial charge in [0.05, 0.1) is 11.1 Å². The molecule has 3 amide bonds. The van der Waals surface area contributed by atoms with Crippen molar-refractivity contribution >= 4 is 30.1 Å². The molecule has 1 aliphatic rings. The van der Waals surface area contributed by atoms with Crippen molar-refractivity contribution in [1.82, 2.24) is 10.2 Å². The van der Waals surface area contributed by atoms with Crippen molar-refractivity contribution in [3.8, 4) is 0 Å². The van der Waals surface area contributed by atoms with Crippen molar-refractivity contribution in [1.29, 1.82) is 0 Å². The molecule has 1 atom stereocenters. The largest absolute Gasteiger partial charge is 0.348 e. The normalized spacial score (nSPS) is 15.8. The quantitative estimate of drug-likeness (QED) is 0.759. The summed E-state index contributed by atoms with van der Waals surface area (Å²) in [4.78, 5) is 37.8. The number of hydrogen-bond acceptors (Lipinski definition) is 4. The summed E-state index contributed by atoms with van der Waals surface area (Å²) in [5.41, 5.74) is 5.90. The van der Waals surface area contributed by atoms with Crippen LogP contribution in [0.2, 0.25) is 0 Å². The Morgan fingerprint density at radius 1 is 1.21 bits per heavy atom. The number of nitrogens with zero attached hydrogens (tertiary/aromatic N) is 1. The zero-order valence-electron chi connectivity index (χ0n) is 14.2. The Morgan fingerprint density at radius 3 is 2.12 bits per heavy atom. The first-order valence-corrected chi connectivity index (χ1v) is 7.74. The molecule has 0 aromatic heterocycles. The van der Waals surface area contributed by atoms with Crippen LogP contribution in [0.15, 0.2) is 24.3 Å². The maximum Gasteiger partial charge on any atom is 0.262 e. The third-order valence-corrected chi connectivity index (χ3v) is 3.93. The molecule has 0 bridgehead atoms. The number of amides is 3. The van der Waals surface area contributed by atoms with Gasteiger partial charge in [-0.25, -0.2) is 0 Å². The summed E-state index contributed by atoms with van der Waals surface area (Å²) >= 11 is 0. The fraction of sp³-hybridized carbons (Fsp3) is 0.471. The van der Waals surface area contributed by atoms with E-state index in [1.54, 1.807) is 24.3 Å². The van der Waals surface area contributed by atoms with Crippen molar-refractivity contribution in [3.05, 3.63) is 35.4 Å². The molecule has 0 fully saturated rings. The lowest BCUT2D eigenvalue weighted by Crippen LogP contribution is -2.54. The molecule has 0 saturated heterocycles. The molecule has 2 rings (SSSR count). The van der Waals surface area contributed by atoms with Crippen molar-refractivity contribution in [3.63, 3.8) is 0 Å². The molecule has 0 radical (unpaired) electrons. The predicted molar refractivity (Wildman–Crippen MR) is 94.1 cm³/mol. The molecule has 7 heteroatoms. The number of imide groups is 1. The molecule has 3 N–H and O–H groups in total. The van der Waals surface area contributed by atoms with Gasteiger partial charge < -0.3 is 11.1 Å². The molecule has 132 valence electrons. The molecule has 1 aromatic carbocycles. The van der Waals surface area contributed by atoms with Crippen LogP contribution in [0.1, 0.15) is 47.9 Å². The standard InChI is InChI=1S/C17H23N3O3.ClH/c1-11(2)8-17(3,10-18)19-14(21)9-20-15(22)12-6-4-5-7-13(12)16(20)23;/h4-7,11H,8-10,18H2,1-3H3,(H,19,21);1H. The second-order valence-electron chi connectivity index (χ2n) is 6.65. The van der Waals surface area contributed by atoms with Crippen LogP contribution in [-0.4, -0.2) is 41.2 Å². The summed E-state index contributed by atoms with van der Waals surface area (Å²) in [7, 11) is 0. The van der Waals surface area contributed by atoms with Gasteiger partial charge in [0, 0.05) is 12.1 Å². The third kappa shape index (κ3) is 4.13. The van der Waals surface area contributed by atoms with Crippen molar-refractivity contribution in [2.75, 3.05) is 13.1 Å². The summed E-state index contributed by atoms with van der Waals surface area (Å²) in [6.07, 6.45) is 0.720. The molecule has 1 heterocycles. The highest BCUT2D eigenvalue weighted by molar-refractivity contribution is 6.22. The molecule has 0 aliphatic carbocycles. The van der Waals surface area contributed by atoms with Gasteiger partial charge in [0.25, 0.3) is 11.8 Å². The second-order valence-corrected chi connectivity index (χ2v) is 6.65. The van der Waals surface area contributed by atoms with Gasteiger partial charge in [0.15, 0.2) is 0 Å². The Labute approximate surface area is 148 Å². The summed E-state index contributed by atoms with van der Waals surface area (Å²) in [6, 6.07) is 6.58. The number of halogens is 1. The van der Waals surface area contributed by atoms with Crippen LogP contribution in [0.3, 0.4) is 0 Å². The van der Waals surface area contributed by atoms with Crippen molar-refractivity contribution < 1.29 is 14.4 Å². The zero-order valence-corrected chi connectivity index (χ0v) is 15.0. The van der Waals surface area contributed by atoms with Crippen LogP contribution in [0.4, 0.5) is 0 Å². The van der Waals surface area contributed by atoms with Gasteiger partial charge in [-0.15, -0.1) is 12.4 Å². The molecule has 6 nitrogen and oxygen atoms in total. The van der Waals surface area contributed by atoms with Crippen LogP contribution in [0.5, 0.6) is 0 Å². The monoisotopic (exact) mass is 353 g/mol. The smallest absolute Gasteiger partial charge is 0.262 e. The molecular weight excluding hydrogens is 330 g/mol. The third-order valence-electron chi connectivity index (χ3n) is 3.93. The number of nitrogens with one attached hydrogen (secondary N) is 1. The predicted octanol–water partition coefficient (Wildman–Crippen LogP) is 1.58. The van der Waals surface area contributed by atoms with Gasteiger partial charge >= 0.3 is 0 Å².